The van der Waals surface area contributed by atoms with Gasteiger partial charge >= 0.3 is 0 Å². The van der Waals surface area contributed by atoms with Crippen LogP contribution in [0.3, 0.4) is 0 Å². The molecule has 280 valence electrons. The Hall–Kier alpha value is -0.910. The van der Waals surface area contributed by atoms with Crippen LogP contribution < -0.4 is 5.32 Å². The Morgan fingerprint density at radius 2 is 0.851 bits per heavy atom. The highest BCUT2D eigenvalue weighted by Gasteiger charge is 2.21. The number of hydrogen-bond acceptors (Lipinski definition) is 4. The van der Waals surface area contributed by atoms with Gasteiger partial charge in [0.2, 0.25) is 5.91 Å². The van der Waals surface area contributed by atoms with Crippen LogP contribution in [-0.4, -0.2) is 46.1 Å². The van der Waals surface area contributed by atoms with E-state index in [1.54, 1.807) is 0 Å². The van der Waals surface area contributed by atoms with E-state index < -0.39 is 18.2 Å². The van der Waals surface area contributed by atoms with Gasteiger partial charge in [0.1, 0.15) is 0 Å². The van der Waals surface area contributed by atoms with Crippen molar-refractivity contribution in [3.63, 3.8) is 0 Å². The molecule has 0 aromatic rings. The second-order valence-corrected chi connectivity index (χ2v) is 14.6. The van der Waals surface area contributed by atoms with Crippen molar-refractivity contribution in [2.75, 3.05) is 6.61 Å². The Labute approximate surface area is 293 Å². The lowest BCUT2D eigenvalue weighted by Crippen LogP contribution is -2.46. The first kappa shape index (κ1) is 46.1. The van der Waals surface area contributed by atoms with Crippen LogP contribution in [0.4, 0.5) is 0 Å². The third kappa shape index (κ3) is 34.7. The standard InChI is InChI=1S/C42H83NO4/c1-3-5-7-9-11-13-15-17-19-20-22-24-26-28-30-32-34-36-41(46)40(38-44)43-42(47)37-39(45)35-33-31-29-27-25-23-21-18-16-14-12-10-8-6-4-2/h18,21,39-41,44-46H,3-17,19-20,22-38H2,1-2H3,(H,43,47)/b21-18-. The van der Waals surface area contributed by atoms with Gasteiger partial charge in [0.25, 0.3) is 0 Å². The van der Waals surface area contributed by atoms with Crippen LogP contribution in [0.15, 0.2) is 12.2 Å². The second kappa shape index (κ2) is 37.9. The summed E-state index contributed by atoms with van der Waals surface area (Å²) in [7, 11) is 0. The van der Waals surface area contributed by atoms with Crippen molar-refractivity contribution >= 4 is 5.91 Å². The molecule has 0 aliphatic carbocycles. The molecule has 0 saturated carbocycles. The summed E-state index contributed by atoms with van der Waals surface area (Å²) in [6.45, 7) is 4.26. The van der Waals surface area contributed by atoms with Gasteiger partial charge in [0.05, 0.1) is 31.3 Å². The van der Waals surface area contributed by atoms with E-state index in [1.807, 2.05) is 0 Å². The molecule has 47 heavy (non-hydrogen) atoms. The van der Waals surface area contributed by atoms with Gasteiger partial charge in [-0.3, -0.25) is 4.79 Å². The highest BCUT2D eigenvalue weighted by atomic mass is 16.3. The van der Waals surface area contributed by atoms with E-state index in [0.717, 1.165) is 32.1 Å². The van der Waals surface area contributed by atoms with E-state index in [4.69, 9.17) is 0 Å². The Morgan fingerprint density at radius 3 is 1.23 bits per heavy atom. The number of rotatable bonds is 38. The summed E-state index contributed by atoms with van der Waals surface area (Å²) in [5.74, 6) is -0.286. The van der Waals surface area contributed by atoms with Crippen molar-refractivity contribution in [2.45, 2.75) is 244 Å². The number of amides is 1. The molecule has 0 spiro atoms. The Bertz CT molecular complexity index is 655. The van der Waals surface area contributed by atoms with Crippen molar-refractivity contribution < 1.29 is 20.1 Å². The number of allylic oxidation sites excluding steroid dienone is 2. The zero-order valence-corrected chi connectivity index (χ0v) is 31.7. The zero-order chi connectivity index (χ0) is 34.5. The highest BCUT2D eigenvalue weighted by Crippen LogP contribution is 2.16. The molecule has 0 aromatic carbocycles. The number of unbranched alkanes of at least 4 members (excludes halogenated alkanes) is 27. The van der Waals surface area contributed by atoms with Crippen LogP contribution in [0.1, 0.15) is 226 Å². The fraction of sp³-hybridized carbons (Fsp3) is 0.929. The van der Waals surface area contributed by atoms with Gasteiger partial charge in [-0.2, -0.15) is 0 Å². The van der Waals surface area contributed by atoms with Gasteiger partial charge in [0, 0.05) is 0 Å². The number of nitrogens with one attached hydrogen (secondary N) is 1. The van der Waals surface area contributed by atoms with Crippen molar-refractivity contribution in [2.24, 2.45) is 0 Å². The van der Waals surface area contributed by atoms with E-state index >= 15 is 0 Å². The van der Waals surface area contributed by atoms with Crippen LogP contribution in [0.5, 0.6) is 0 Å². The number of aliphatic hydroxyl groups is 3. The molecule has 0 heterocycles. The number of carbonyl (C=O) groups excluding carboxylic acids is 1. The molecule has 3 atom stereocenters. The normalized spacial score (nSPS) is 13.7. The summed E-state index contributed by atoms with van der Waals surface area (Å²) in [6, 6.07) is -0.657. The minimum Gasteiger partial charge on any atom is -0.394 e. The summed E-state index contributed by atoms with van der Waals surface area (Å²) in [5.41, 5.74) is 0. The predicted molar refractivity (Wildman–Crippen MR) is 204 cm³/mol. The average molecular weight is 666 g/mol. The first-order valence-electron chi connectivity index (χ1n) is 21.0. The lowest BCUT2D eigenvalue weighted by Gasteiger charge is -2.23. The third-order valence-corrected chi connectivity index (χ3v) is 9.83. The van der Waals surface area contributed by atoms with E-state index in [9.17, 15) is 20.1 Å². The quantitative estimate of drug-likeness (QED) is 0.0390. The van der Waals surface area contributed by atoms with Gasteiger partial charge in [0.15, 0.2) is 0 Å². The Balaban J connectivity index is 3.63. The SMILES string of the molecule is CCCCCCCC/C=C\CCCCCCCC(O)CC(=O)NC(CO)C(O)CCCCCCCCCCCCCCCCCCC. The first-order chi connectivity index (χ1) is 23.0. The van der Waals surface area contributed by atoms with Crippen molar-refractivity contribution in [3.05, 3.63) is 12.2 Å². The monoisotopic (exact) mass is 666 g/mol. The number of carbonyl (C=O) groups is 1. The van der Waals surface area contributed by atoms with Crippen LogP contribution in [0, 0.1) is 0 Å². The van der Waals surface area contributed by atoms with E-state index in [0.29, 0.717) is 12.8 Å². The largest absolute Gasteiger partial charge is 0.394 e. The summed E-state index contributed by atoms with van der Waals surface area (Å²) >= 11 is 0. The minimum atomic E-state index is -0.747. The molecule has 3 unspecified atom stereocenters. The van der Waals surface area contributed by atoms with Crippen molar-refractivity contribution in [1.29, 1.82) is 0 Å². The van der Waals surface area contributed by atoms with E-state index in [-0.39, 0.29) is 18.9 Å². The molecule has 1 amide bonds. The molecule has 5 heteroatoms. The Morgan fingerprint density at radius 1 is 0.511 bits per heavy atom. The maximum atomic E-state index is 12.4. The summed E-state index contributed by atoms with van der Waals surface area (Å²) < 4.78 is 0. The molecule has 0 aliphatic rings. The fourth-order valence-corrected chi connectivity index (χ4v) is 6.58. The smallest absolute Gasteiger partial charge is 0.222 e. The number of hydrogen-bond donors (Lipinski definition) is 4. The molecule has 0 fully saturated rings. The molecular weight excluding hydrogens is 582 g/mol. The van der Waals surface area contributed by atoms with Crippen molar-refractivity contribution in [1.82, 2.24) is 5.32 Å². The van der Waals surface area contributed by atoms with E-state index in [1.165, 1.54) is 161 Å². The Kier molecular flexibility index (Phi) is 37.2. The molecule has 0 saturated heterocycles. The van der Waals surface area contributed by atoms with Crippen LogP contribution >= 0.6 is 0 Å². The van der Waals surface area contributed by atoms with Gasteiger partial charge in [-0.05, 0) is 38.5 Å². The fourth-order valence-electron chi connectivity index (χ4n) is 6.58. The average Bonchev–Trinajstić information content (AvgIpc) is 3.06. The maximum Gasteiger partial charge on any atom is 0.222 e. The summed E-state index contributed by atoms with van der Waals surface area (Å²) in [5, 5.41) is 33.3. The van der Waals surface area contributed by atoms with Gasteiger partial charge in [-0.25, -0.2) is 0 Å². The first-order valence-corrected chi connectivity index (χ1v) is 21.0. The zero-order valence-electron chi connectivity index (χ0n) is 31.7. The number of aliphatic hydroxyl groups excluding tert-OH is 3. The molecule has 5 nitrogen and oxygen atoms in total. The molecule has 0 aromatic heterocycles. The lowest BCUT2D eigenvalue weighted by atomic mass is 10.0. The summed E-state index contributed by atoms with van der Waals surface area (Å²) in [4.78, 5) is 12.4. The molecule has 0 radical (unpaired) electrons. The van der Waals surface area contributed by atoms with Gasteiger partial charge in [-0.15, -0.1) is 0 Å². The summed E-state index contributed by atoms with van der Waals surface area (Å²) in [6.07, 6.45) is 43.1. The van der Waals surface area contributed by atoms with Gasteiger partial charge in [-0.1, -0.05) is 193 Å². The lowest BCUT2D eigenvalue weighted by molar-refractivity contribution is -0.125. The molecule has 4 N–H and O–H groups in total. The molecular formula is C42H83NO4. The van der Waals surface area contributed by atoms with Crippen LogP contribution in [0.25, 0.3) is 0 Å². The van der Waals surface area contributed by atoms with Crippen LogP contribution in [-0.2, 0) is 4.79 Å². The molecule has 0 bridgehead atoms. The topological polar surface area (TPSA) is 89.8 Å². The van der Waals surface area contributed by atoms with Gasteiger partial charge < -0.3 is 20.6 Å². The molecule has 0 aliphatic heterocycles. The second-order valence-electron chi connectivity index (χ2n) is 14.6. The van der Waals surface area contributed by atoms with Crippen LogP contribution in [0.2, 0.25) is 0 Å². The third-order valence-electron chi connectivity index (χ3n) is 9.83. The minimum absolute atomic E-state index is 0.0335. The van der Waals surface area contributed by atoms with Crippen molar-refractivity contribution in [3.8, 4) is 0 Å². The highest BCUT2D eigenvalue weighted by molar-refractivity contribution is 5.76. The van der Waals surface area contributed by atoms with E-state index in [2.05, 4.69) is 31.3 Å². The molecule has 0 rings (SSSR count). The predicted octanol–water partition coefficient (Wildman–Crippen LogP) is 11.7. The maximum absolute atomic E-state index is 12.4.